The first kappa shape index (κ1) is 27.6. The van der Waals surface area contributed by atoms with Gasteiger partial charge < -0.3 is 20.0 Å². The number of carboxylic acid groups (broad SMARTS) is 2. The lowest BCUT2D eigenvalue weighted by atomic mass is 9.99. The van der Waals surface area contributed by atoms with Crippen LogP contribution in [0.4, 0.5) is 5.69 Å². The summed E-state index contributed by atoms with van der Waals surface area (Å²) in [5.41, 5.74) is 5.83. The van der Waals surface area contributed by atoms with E-state index in [0.29, 0.717) is 0 Å². The fraction of sp³-hybridized carbons (Fsp3) is 0.258. The third kappa shape index (κ3) is 6.72. The highest BCUT2D eigenvalue weighted by Crippen LogP contribution is 2.37. The van der Waals surface area contributed by atoms with Crippen LogP contribution in [0.15, 0.2) is 91.0 Å². The second-order valence-corrected chi connectivity index (χ2v) is 9.52. The third-order valence-electron chi connectivity index (χ3n) is 7.05. The normalized spacial score (nSPS) is 16.5. The molecule has 0 spiro atoms. The summed E-state index contributed by atoms with van der Waals surface area (Å²) >= 11 is 0. The van der Waals surface area contributed by atoms with E-state index in [9.17, 15) is 4.79 Å². The van der Waals surface area contributed by atoms with E-state index in [0.717, 1.165) is 55.8 Å². The van der Waals surface area contributed by atoms with Crippen LogP contribution in [0, 0.1) is 0 Å². The molecule has 39 heavy (non-hydrogen) atoms. The first-order valence-electron chi connectivity index (χ1n) is 13.0. The molecule has 0 saturated carbocycles. The number of hydrogen-bond donors (Lipinski definition) is 2. The molecule has 1 unspecified atom stereocenters. The number of fused-ring (bicyclic) bond motifs is 1. The predicted octanol–water partition coefficient (Wildman–Crippen LogP) is 4.61. The molecule has 0 fully saturated rings. The summed E-state index contributed by atoms with van der Waals surface area (Å²) < 4.78 is 0. The molecule has 1 atom stereocenters. The topological polar surface area (TPSA) is 101 Å². The molecule has 0 bridgehead atoms. The fourth-order valence-electron chi connectivity index (χ4n) is 5.09. The molecule has 0 saturated heterocycles. The SMILES string of the molecule is CN(c1ccccc1)C1c2ccccc2C(=O)N1CCCN1CC=C(c2ccccc2)CC1.O=C(O)C(=O)O. The summed E-state index contributed by atoms with van der Waals surface area (Å²) in [7, 11) is 2.09. The maximum Gasteiger partial charge on any atom is 0.414 e. The first-order valence-corrected chi connectivity index (χ1v) is 13.0. The number of para-hydroxylation sites is 1. The van der Waals surface area contributed by atoms with E-state index in [4.69, 9.17) is 19.8 Å². The molecule has 3 aromatic carbocycles. The molecular weight excluding hydrogens is 494 g/mol. The summed E-state index contributed by atoms with van der Waals surface area (Å²) in [6.45, 7) is 3.80. The number of nitrogens with zero attached hydrogens (tertiary/aromatic N) is 3. The molecule has 1 amide bonds. The van der Waals surface area contributed by atoms with E-state index in [1.807, 2.05) is 41.3 Å². The van der Waals surface area contributed by atoms with Gasteiger partial charge in [0.05, 0.1) is 0 Å². The average molecular weight is 528 g/mol. The summed E-state index contributed by atoms with van der Waals surface area (Å²) in [5, 5.41) is 14.8. The van der Waals surface area contributed by atoms with Crippen molar-refractivity contribution in [3.63, 3.8) is 0 Å². The second-order valence-electron chi connectivity index (χ2n) is 9.52. The van der Waals surface area contributed by atoms with E-state index < -0.39 is 11.9 Å². The maximum atomic E-state index is 13.3. The van der Waals surface area contributed by atoms with E-state index in [-0.39, 0.29) is 12.1 Å². The van der Waals surface area contributed by atoms with Crippen molar-refractivity contribution in [1.29, 1.82) is 0 Å². The number of aliphatic carboxylic acids is 2. The Kier molecular flexibility index (Phi) is 9.12. The summed E-state index contributed by atoms with van der Waals surface area (Å²) in [4.78, 5) is 38.3. The molecular formula is C31H33N3O5. The molecule has 2 heterocycles. The number of carboxylic acids is 2. The summed E-state index contributed by atoms with van der Waals surface area (Å²) in [6, 6.07) is 29.1. The van der Waals surface area contributed by atoms with E-state index in [2.05, 4.69) is 71.5 Å². The molecule has 0 radical (unpaired) electrons. The Hall–Kier alpha value is -4.43. The Bertz CT molecular complexity index is 1310. The molecule has 5 rings (SSSR count). The van der Waals surface area contributed by atoms with Gasteiger partial charge in [0.2, 0.25) is 0 Å². The fourth-order valence-corrected chi connectivity index (χ4v) is 5.09. The quantitative estimate of drug-likeness (QED) is 0.433. The summed E-state index contributed by atoms with van der Waals surface area (Å²) in [5.74, 6) is -3.51. The largest absolute Gasteiger partial charge is 0.473 e. The minimum Gasteiger partial charge on any atom is -0.473 e. The van der Waals surface area contributed by atoms with Crippen LogP contribution in [0.5, 0.6) is 0 Å². The minimum atomic E-state index is -1.82. The van der Waals surface area contributed by atoms with Crippen molar-refractivity contribution >= 4 is 29.1 Å². The van der Waals surface area contributed by atoms with Gasteiger partial charge in [-0.2, -0.15) is 0 Å². The van der Waals surface area contributed by atoms with Crippen LogP contribution >= 0.6 is 0 Å². The monoisotopic (exact) mass is 527 g/mol. The van der Waals surface area contributed by atoms with Crippen LogP contribution in [-0.4, -0.2) is 71.1 Å². The lowest BCUT2D eigenvalue weighted by molar-refractivity contribution is -0.159. The molecule has 202 valence electrons. The van der Waals surface area contributed by atoms with Crippen molar-refractivity contribution in [3.8, 4) is 0 Å². The van der Waals surface area contributed by atoms with E-state index in [1.165, 1.54) is 11.1 Å². The number of hydrogen-bond acceptors (Lipinski definition) is 5. The van der Waals surface area contributed by atoms with Gasteiger partial charge in [0.15, 0.2) is 0 Å². The van der Waals surface area contributed by atoms with Crippen LogP contribution in [0.25, 0.3) is 5.57 Å². The van der Waals surface area contributed by atoms with E-state index in [1.54, 1.807) is 0 Å². The number of carbonyl (C=O) groups is 3. The number of rotatable bonds is 7. The first-order chi connectivity index (χ1) is 18.9. The lowest BCUT2D eigenvalue weighted by Crippen LogP contribution is -2.40. The average Bonchev–Trinajstić information content (AvgIpc) is 3.25. The zero-order valence-electron chi connectivity index (χ0n) is 21.9. The van der Waals surface area contributed by atoms with Crippen molar-refractivity contribution < 1.29 is 24.6 Å². The van der Waals surface area contributed by atoms with Crippen LogP contribution in [0.1, 0.15) is 40.5 Å². The van der Waals surface area contributed by atoms with Gasteiger partial charge in [0.25, 0.3) is 5.91 Å². The van der Waals surface area contributed by atoms with Crippen LogP contribution in [-0.2, 0) is 9.59 Å². The van der Waals surface area contributed by atoms with Crippen molar-refractivity contribution in [3.05, 3.63) is 108 Å². The molecule has 3 aromatic rings. The van der Waals surface area contributed by atoms with E-state index >= 15 is 0 Å². The van der Waals surface area contributed by atoms with Gasteiger partial charge in [-0.25, -0.2) is 9.59 Å². The predicted molar refractivity (Wildman–Crippen MR) is 150 cm³/mol. The summed E-state index contributed by atoms with van der Waals surface area (Å²) in [6.07, 6.45) is 4.34. The Morgan fingerprint density at radius 2 is 1.49 bits per heavy atom. The Morgan fingerprint density at radius 1 is 0.872 bits per heavy atom. The van der Waals surface area contributed by atoms with Gasteiger partial charge in [-0.3, -0.25) is 9.69 Å². The number of carbonyl (C=O) groups excluding carboxylic acids is 1. The van der Waals surface area contributed by atoms with Gasteiger partial charge in [0.1, 0.15) is 6.17 Å². The van der Waals surface area contributed by atoms with Crippen molar-refractivity contribution in [2.45, 2.75) is 19.0 Å². The molecule has 2 N–H and O–H groups in total. The second kappa shape index (κ2) is 12.9. The molecule has 2 aliphatic heterocycles. The zero-order chi connectivity index (χ0) is 27.8. The van der Waals surface area contributed by atoms with Gasteiger partial charge in [0, 0.05) is 50.0 Å². The zero-order valence-corrected chi connectivity index (χ0v) is 21.9. The Morgan fingerprint density at radius 3 is 2.10 bits per heavy atom. The van der Waals surface area contributed by atoms with Gasteiger partial charge >= 0.3 is 11.9 Å². The number of anilines is 1. The van der Waals surface area contributed by atoms with Gasteiger partial charge in [-0.15, -0.1) is 0 Å². The van der Waals surface area contributed by atoms with Gasteiger partial charge in [-0.05, 0) is 42.2 Å². The standard InChI is InChI=1S/C29H31N3O.C2H2O4/c1-30(25-13-6-3-7-14-25)28-26-15-8-9-16-27(26)29(33)32(28)20-10-19-31-21-17-24(18-22-31)23-11-4-2-5-12-23;3-1(4)2(5)6/h2-9,11-17,28H,10,18-22H2,1H3;(H,3,4)(H,5,6). The maximum absolute atomic E-state index is 13.3. The molecule has 8 heteroatoms. The molecule has 0 aromatic heterocycles. The Labute approximate surface area is 228 Å². The highest BCUT2D eigenvalue weighted by molar-refractivity contribution is 6.27. The molecule has 0 aliphatic carbocycles. The highest BCUT2D eigenvalue weighted by atomic mass is 16.4. The number of amides is 1. The third-order valence-corrected chi connectivity index (χ3v) is 7.05. The lowest BCUT2D eigenvalue weighted by Gasteiger charge is -2.35. The van der Waals surface area contributed by atoms with Crippen molar-refractivity contribution in [2.75, 3.05) is 38.1 Å². The van der Waals surface area contributed by atoms with Crippen LogP contribution in [0.2, 0.25) is 0 Å². The molecule has 2 aliphatic rings. The van der Waals surface area contributed by atoms with Crippen molar-refractivity contribution in [2.24, 2.45) is 0 Å². The smallest absolute Gasteiger partial charge is 0.414 e. The van der Waals surface area contributed by atoms with Crippen LogP contribution < -0.4 is 4.90 Å². The Balaban J connectivity index is 0.000000531. The number of benzene rings is 3. The van der Waals surface area contributed by atoms with Crippen molar-refractivity contribution in [1.82, 2.24) is 9.80 Å². The highest BCUT2D eigenvalue weighted by Gasteiger charge is 2.38. The van der Waals surface area contributed by atoms with Gasteiger partial charge in [-0.1, -0.05) is 72.8 Å². The molecule has 8 nitrogen and oxygen atoms in total. The van der Waals surface area contributed by atoms with Crippen LogP contribution in [0.3, 0.4) is 0 Å². The minimum absolute atomic E-state index is 0.0676.